The summed E-state index contributed by atoms with van der Waals surface area (Å²) in [7, 11) is 1.94. The highest BCUT2D eigenvalue weighted by atomic mass is 32.2. The van der Waals surface area contributed by atoms with Gasteiger partial charge in [0.2, 0.25) is 0 Å². The maximum absolute atomic E-state index is 11.2. The van der Waals surface area contributed by atoms with Crippen LogP contribution in [0.3, 0.4) is 0 Å². The molecule has 198 valence electrons. The van der Waals surface area contributed by atoms with Crippen molar-refractivity contribution >= 4 is 28.7 Å². The largest absolute Gasteiger partial charge is 0.507 e. The summed E-state index contributed by atoms with van der Waals surface area (Å²) in [4.78, 5) is 12.1. The number of carbonyl (C=O) groups is 1. The number of aromatic carboxylic acids is 1. The van der Waals surface area contributed by atoms with Crippen molar-refractivity contribution in [2.45, 2.75) is 36.8 Å². The fourth-order valence-corrected chi connectivity index (χ4v) is 5.44. The van der Waals surface area contributed by atoms with Crippen LogP contribution >= 0.6 is 11.9 Å². The van der Waals surface area contributed by atoms with E-state index >= 15 is 0 Å². The van der Waals surface area contributed by atoms with E-state index in [9.17, 15) is 15.0 Å². The summed E-state index contributed by atoms with van der Waals surface area (Å²) in [5, 5.41) is 35.9. The summed E-state index contributed by atoms with van der Waals surface area (Å²) in [6, 6.07) is 27.3. The van der Waals surface area contributed by atoms with Crippen LogP contribution in [0.4, 0.5) is 0 Å². The van der Waals surface area contributed by atoms with Gasteiger partial charge in [-0.3, -0.25) is 0 Å². The predicted octanol–water partition coefficient (Wildman–Crippen LogP) is 5.82. The SMILES string of the molecule is CN(C[C@H](O)CNC(C)(C)Cc1ccc2ccccc2c1)Sc1cccc(-c2ccc(C(=O)O)c(O)c2)c1. The number of β-amino-alcohol motifs (C(OH)–C–C–N with tert-alkyl or cyclic N) is 1. The van der Waals surface area contributed by atoms with Crippen molar-refractivity contribution < 1.29 is 20.1 Å². The number of aliphatic hydroxyl groups excluding tert-OH is 1. The lowest BCUT2D eigenvalue weighted by Gasteiger charge is -2.29. The van der Waals surface area contributed by atoms with E-state index in [1.54, 1.807) is 6.07 Å². The van der Waals surface area contributed by atoms with Crippen LogP contribution in [-0.4, -0.2) is 57.4 Å². The van der Waals surface area contributed by atoms with Gasteiger partial charge in [0, 0.05) is 23.5 Å². The van der Waals surface area contributed by atoms with Gasteiger partial charge < -0.3 is 20.6 Å². The highest BCUT2D eigenvalue weighted by molar-refractivity contribution is 7.97. The first-order valence-corrected chi connectivity index (χ1v) is 13.3. The molecule has 38 heavy (non-hydrogen) atoms. The molecule has 0 spiro atoms. The monoisotopic (exact) mass is 530 g/mol. The first-order chi connectivity index (χ1) is 18.1. The first kappa shape index (κ1) is 27.7. The van der Waals surface area contributed by atoms with Crippen molar-refractivity contribution in [3.8, 4) is 16.9 Å². The molecule has 6 nitrogen and oxygen atoms in total. The summed E-state index contributed by atoms with van der Waals surface area (Å²) < 4.78 is 1.99. The Labute approximate surface area is 228 Å². The lowest BCUT2D eigenvalue weighted by Crippen LogP contribution is -2.46. The van der Waals surface area contributed by atoms with E-state index in [2.05, 4.69) is 55.6 Å². The molecule has 0 radical (unpaired) electrons. The van der Waals surface area contributed by atoms with Crippen LogP contribution in [0, 0.1) is 0 Å². The Morgan fingerprint density at radius 3 is 2.42 bits per heavy atom. The second kappa shape index (κ2) is 12.0. The highest BCUT2D eigenvalue weighted by Gasteiger charge is 2.20. The van der Waals surface area contributed by atoms with Crippen LogP contribution in [0.15, 0.2) is 89.8 Å². The summed E-state index contributed by atoms with van der Waals surface area (Å²) in [6.07, 6.45) is 0.303. The average molecular weight is 531 g/mol. The molecule has 0 aliphatic heterocycles. The van der Waals surface area contributed by atoms with Crippen molar-refractivity contribution in [1.29, 1.82) is 0 Å². The van der Waals surface area contributed by atoms with E-state index in [0.717, 1.165) is 22.4 Å². The van der Waals surface area contributed by atoms with Gasteiger partial charge in [0.25, 0.3) is 0 Å². The second-order valence-corrected chi connectivity index (χ2v) is 11.5. The van der Waals surface area contributed by atoms with Gasteiger partial charge in [-0.05, 0) is 91.0 Å². The predicted molar refractivity (Wildman–Crippen MR) is 155 cm³/mol. The number of hydrogen-bond donors (Lipinski definition) is 4. The molecule has 4 aromatic carbocycles. The molecular formula is C31H34N2O4S. The zero-order valence-corrected chi connectivity index (χ0v) is 22.7. The molecule has 0 unspecified atom stereocenters. The fourth-order valence-electron chi connectivity index (χ4n) is 4.52. The number of carboxylic acid groups (broad SMARTS) is 1. The van der Waals surface area contributed by atoms with E-state index in [1.165, 1.54) is 40.4 Å². The van der Waals surface area contributed by atoms with Crippen LogP contribution < -0.4 is 5.32 Å². The van der Waals surface area contributed by atoms with Crippen molar-refractivity contribution in [3.05, 3.63) is 96.1 Å². The van der Waals surface area contributed by atoms with Gasteiger partial charge in [0.05, 0.1) is 6.10 Å². The van der Waals surface area contributed by atoms with E-state index in [1.807, 2.05) is 41.7 Å². The van der Waals surface area contributed by atoms with Gasteiger partial charge in [0.15, 0.2) is 0 Å². The van der Waals surface area contributed by atoms with E-state index in [-0.39, 0.29) is 16.9 Å². The van der Waals surface area contributed by atoms with Crippen molar-refractivity contribution in [3.63, 3.8) is 0 Å². The smallest absolute Gasteiger partial charge is 0.339 e. The Morgan fingerprint density at radius 2 is 1.68 bits per heavy atom. The molecule has 0 aromatic heterocycles. The molecule has 4 aromatic rings. The molecule has 0 bridgehead atoms. The van der Waals surface area contributed by atoms with Crippen molar-refractivity contribution in [2.75, 3.05) is 20.1 Å². The number of rotatable bonds is 11. The Morgan fingerprint density at radius 1 is 0.947 bits per heavy atom. The van der Waals surface area contributed by atoms with Crippen molar-refractivity contribution in [2.24, 2.45) is 0 Å². The van der Waals surface area contributed by atoms with E-state index in [0.29, 0.717) is 13.1 Å². The Balaban J connectivity index is 1.30. The molecule has 0 saturated carbocycles. The van der Waals surface area contributed by atoms with Gasteiger partial charge in [-0.15, -0.1) is 0 Å². The molecule has 0 heterocycles. The zero-order chi connectivity index (χ0) is 27.3. The zero-order valence-electron chi connectivity index (χ0n) is 21.9. The third-order valence-electron chi connectivity index (χ3n) is 6.40. The molecule has 0 aliphatic rings. The molecule has 0 saturated heterocycles. The molecule has 7 heteroatoms. The number of aliphatic hydroxyl groups is 1. The third-order valence-corrected chi connectivity index (χ3v) is 7.33. The van der Waals surface area contributed by atoms with Crippen LogP contribution in [0.25, 0.3) is 21.9 Å². The second-order valence-electron chi connectivity index (χ2n) is 10.2. The van der Waals surface area contributed by atoms with Crippen LogP contribution in [0.2, 0.25) is 0 Å². The minimum absolute atomic E-state index is 0.123. The maximum Gasteiger partial charge on any atom is 0.339 e. The highest BCUT2D eigenvalue weighted by Crippen LogP contribution is 2.30. The first-order valence-electron chi connectivity index (χ1n) is 12.6. The average Bonchev–Trinajstić information content (AvgIpc) is 2.87. The van der Waals surface area contributed by atoms with Gasteiger partial charge in [-0.25, -0.2) is 9.10 Å². The number of nitrogens with one attached hydrogen (secondary N) is 1. The lowest BCUT2D eigenvalue weighted by atomic mass is 9.93. The normalized spacial score (nSPS) is 12.7. The minimum atomic E-state index is -1.16. The van der Waals surface area contributed by atoms with Gasteiger partial charge >= 0.3 is 5.97 Å². The summed E-state index contributed by atoms with van der Waals surface area (Å²) in [5.74, 6) is -1.42. The molecule has 4 rings (SSSR count). The van der Waals surface area contributed by atoms with Crippen LogP contribution in [0.1, 0.15) is 29.8 Å². The summed E-state index contributed by atoms with van der Waals surface area (Å²) in [5.41, 5.74) is 2.56. The van der Waals surface area contributed by atoms with Gasteiger partial charge in [-0.2, -0.15) is 0 Å². The van der Waals surface area contributed by atoms with E-state index in [4.69, 9.17) is 5.11 Å². The lowest BCUT2D eigenvalue weighted by molar-refractivity contribution is 0.0693. The van der Waals surface area contributed by atoms with E-state index < -0.39 is 12.1 Å². The van der Waals surface area contributed by atoms with Crippen LogP contribution in [0.5, 0.6) is 5.75 Å². The molecule has 0 fully saturated rings. The number of likely N-dealkylation sites (N-methyl/N-ethyl adjacent to an activating group) is 1. The third kappa shape index (κ3) is 7.36. The Bertz CT molecular complexity index is 1420. The standard InChI is InChI=1S/C31H34N2O4S/c1-31(2,18-21-11-12-22-7-4-5-8-23(22)15-21)32-19-26(34)20-33(3)38-27-10-6-9-24(16-27)25-13-14-28(30(36)37)29(35)17-25/h4-17,26,32,34-35H,18-20H2,1-3H3,(H,36,37)/t26-/m1/s1. The van der Waals surface area contributed by atoms with Crippen molar-refractivity contribution in [1.82, 2.24) is 9.62 Å². The molecule has 1 atom stereocenters. The summed E-state index contributed by atoms with van der Waals surface area (Å²) >= 11 is 1.52. The van der Waals surface area contributed by atoms with Gasteiger partial charge in [-0.1, -0.05) is 60.7 Å². The number of nitrogens with zero attached hydrogens (tertiary/aromatic N) is 1. The number of hydrogen-bond acceptors (Lipinski definition) is 6. The Hall–Kier alpha value is -3.36. The van der Waals surface area contributed by atoms with Crippen LogP contribution in [-0.2, 0) is 6.42 Å². The molecule has 0 amide bonds. The fraction of sp³-hybridized carbons (Fsp3) is 0.258. The summed E-state index contributed by atoms with van der Waals surface area (Å²) in [6.45, 7) is 5.25. The van der Waals surface area contributed by atoms with Gasteiger partial charge in [0.1, 0.15) is 11.3 Å². The molecule has 0 aliphatic carbocycles. The maximum atomic E-state index is 11.2. The minimum Gasteiger partial charge on any atom is -0.507 e. The number of fused-ring (bicyclic) bond motifs is 1. The quantitative estimate of drug-likeness (QED) is 0.182. The molecule has 4 N–H and O–H groups in total. The Kier molecular flexibility index (Phi) is 8.74. The number of phenols is 1. The molecular weight excluding hydrogens is 496 g/mol. The number of aromatic hydroxyl groups is 1. The number of carboxylic acids is 1. The topological polar surface area (TPSA) is 93.0 Å². The number of benzene rings is 4.